The normalized spacial score (nSPS) is 24.5. The van der Waals surface area contributed by atoms with Gasteiger partial charge in [0, 0.05) is 19.4 Å². The second kappa shape index (κ2) is 27.0. The second-order valence-electron chi connectivity index (χ2n) is 17.8. The van der Waals surface area contributed by atoms with Crippen molar-refractivity contribution in [2.75, 3.05) is 13.1 Å². The van der Waals surface area contributed by atoms with Crippen LogP contribution in [0.4, 0.5) is 0 Å². The molecule has 2 aliphatic rings. The summed E-state index contributed by atoms with van der Waals surface area (Å²) in [5, 5.41) is 27.6. The van der Waals surface area contributed by atoms with E-state index in [-0.39, 0.29) is 50.3 Å². The van der Waals surface area contributed by atoms with E-state index in [0.717, 1.165) is 0 Å². The maximum Gasteiger partial charge on any atom is 0.246 e. The maximum atomic E-state index is 14.5. The van der Waals surface area contributed by atoms with Gasteiger partial charge in [0.15, 0.2) is 0 Å². The molecule has 3 rings (SSSR count). The first kappa shape index (κ1) is 56.2. The third kappa shape index (κ3) is 18.1. The number of nitrogens with zero attached hydrogens (tertiary/aromatic N) is 1. The maximum absolute atomic E-state index is 14.5. The van der Waals surface area contributed by atoms with Gasteiger partial charge < -0.3 is 70.2 Å². The molecule has 9 atom stereocenters. The average molecular weight is 969 g/mol. The van der Waals surface area contributed by atoms with Crippen LogP contribution in [0.1, 0.15) is 91.0 Å². The molecule has 0 unspecified atom stereocenters. The van der Waals surface area contributed by atoms with E-state index in [9.17, 15) is 57.8 Å². The predicted octanol–water partition coefficient (Wildman–Crippen LogP) is -3.65. The predicted molar refractivity (Wildman–Crippen MR) is 248 cm³/mol. The first-order valence-corrected chi connectivity index (χ1v) is 22.9. The first-order chi connectivity index (χ1) is 32.5. The van der Waals surface area contributed by atoms with E-state index < -0.39 is 145 Å². The summed E-state index contributed by atoms with van der Waals surface area (Å²) in [6, 6.07) is -5.15. The number of primary amides is 3. The molecule has 1 aromatic carbocycles. The van der Waals surface area contributed by atoms with Crippen LogP contribution in [0.25, 0.3) is 0 Å². The molecule has 1 saturated heterocycles. The van der Waals surface area contributed by atoms with Crippen LogP contribution < -0.4 is 60.2 Å². The lowest BCUT2D eigenvalue weighted by Gasteiger charge is -2.31. The molecule has 0 aromatic heterocycles. The molecule has 24 nitrogen and oxygen atoms in total. The third-order valence-corrected chi connectivity index (χ3v) is 11.6. The van der Waals surface area contributed by atoms with Crippen LogP contribution in [0.3, 0.4) is 0 Å². The summed E-state index contributed by atoms with van der Waals surface area (Å²) >= 11 is 0. The van der Waals surface area contributed by atoms with Gasteiger partial charge in [0.2, 0.25) is 65.0 Å². The number of carbonyl (C=O) groups is 11. The van der Waals surface area contributed by atoms with E-state index in [4.69, 9.17) is 22.9 Å². The highest BCUT2D eigenvalue weighted by Gasteiger charge is 2.40. The Balaban J connectivity index is 2.08. The largest absolute Gasteiger partial charge is 0.508 e. The van der Waals surface area contributed by atoms with Crippen LogP contribution in [0.5, 0.6) is 5.75 Å². The lowest BCUT2D eigenvalue weighted by Crippen LogP contribution is -2.61. The van der Waals surface area contributed by atoms with Crippen LogP contribution in [0.2, 0.25) is 0 Å². The standard InChI is InChI=1S/C45H68N12O12/c1-5-24(4)37-44(68)51-28(16-17-34(47)59)40(64)54-32(21-35(48)60)41(65)52-29(10-7-6-9-27(46)38(62)53-31(42(66)56-37)20-25-12-14-26(58)15-13-25)45(69)57-18-8-11-33(57)43(67)55-30(19-23(2)3)39(63)50-22-36(49)61/h6-7,12-15,23-24,27-33,37,58H,5,8-11,16-22,46H2,1-4H3,(H2,47,59)(H2,48,60)(H2,49,61)(H,50,63)(H,51,68)(H,52,65)(H,53,62)(H,54,64)(H,55,67)(H,56,66)/b7-6+/t24-,27+,28+,29+,30+,31+,32+,33+,37+/m1/s1. The summed E-state index contributed by atoms with van der Waals surface area (Å²) in [6.45, 7) is 6.58. The van der Waals surface area contributed by atoms with Gasteiger partial charge in [-0.1, -0.05) is 58.4 Å². The Morgan fingerprint density at radius 1 is 0.768 bits per heavy atom. The Morgan fingerprint density at radius 3 is 1.99 bits per heavy atom. The summed E-state index contributed by atoms with van der Waals surface area (Å²) < 4.78 is 0. The van der Waals surface area contributed by atoms with E-state index in [1.807, 2.05) is 13.8 Å². The molecule has 2 heterocycles. The van der Waals surface area contributed by atoms with Gasteiger partial charge in [-0.2, -0.15) is 0 Å². The molecular formula is C45H68N12O12. The molecule has 0 spiro atoms. The van der Waals surface area contributed by atoms with Crippen molar-refractivity contribution in [3.63, 3.8) is 0 Å². The molecule has 16 N–H and O–H groups in total. The molecule has 1 fully saturated rings. The van der Waals surface area contributed by atoms with E-state index >= 15 is 0 Å². The van der Waals surface area contributed by atoms with Gasteiger partial charge in [0.1, 0.15) is 48.0 Å². The summed E-state index contributed by atoms with van der Waals surface area (Å²) in [5.74, 6) is -10.2. The molecule has 0 radical (unpaired) electrons. The van der Waals surface area contributed by atoms with Gasteiger partial charge in [-0.25, -0.2) is 0 Å². The number of amides is 11. The van der Waals surface area contributed by atoms with E-state index in [2.05, 4.69) is 37.2 Å². The number of hydrogen-bond acceptors (Lipinski definition) is 13. The molecule has 0 bridgehead atoms. The number of rotatable bonds is 17. The van der Waals surface area contributed by atoms with Crippen molar-refractivity contribution in [1.82, 2.24) is 42.1 Å². The van der Waals surface area contributed by atoms with Crippen molar-refractivity contribution in [3.8, 4) is 5.75 Å². The van der Waals surface area contributed by atoms with Gasteiger partial charge in [-0.3, -0.25) is 52.7 Å². The third-order valence-electron chi connectivity index (χ3n) is 11.6. The van der Waals surface area contributed by atoms with Gasteiger partial charge >= 0.3 is 0 Å². The summed E-state index contributed by atoms with van der Waals surface area (Å²) in [6.07, 6.45) is 1.73. The first-order valence-electron chi connectivity index (χ1n) is 22.9. The van der Waals surface area contributed by atoms with Crippen LogP contribution >= 0.6 is 0 Å². The highest BCUT2D eigenvalue weighted by Crippen LogP contribution is 2.21. The smallest absolute Gasteiger partial charge is 0.246 e. The van der Waals surface area contributed by atoms with Crippen LogP contribution in [-0.2, 0) is 59.2 Å². The quantitative estimate of drug-likeness (QED) is 0.0671. The molecule has 0 aliphatic carbocycles. The van der Waals surface area contributed by atoms with Crippen LogP contribution in [-0.4, -0.2) is 136 Å². The zero-order valence-corrected chi connectivity index (χ0v) is 39.4. The number of phenolic OH excluding ortho intramolecular Hbond substituents is 1. The lowest BCUT2D eigenvalue weighted by atomic mass is 9.96. The topological polar surface area (TPSA) is 400 Å². The van der Waals surface area contributed by atoms with Crippen molar-refractivity contribution in [3.05, 3.63) is 42.0 Å². The molecule has 69 heavy (non-hydrogen) atoms. The van der Waals surface area contributed by atoms with Crippen LogP contribution in [0, 0.1) is 11.8 Å². The Bertz CT molecular complexity index is 2080. The molecular weight excluding hydrogens is 901 g/mol. The highest BCUT2D eigenvalue weighted by atomic mass is 16.3. The zero-order chi connectivity index (χ0) is 51.5. The monoisotopic (exact) mass is 969 g/mol. The van der Waals surface area contributed by atoms with E-state index in [1.54, 1.807) is 13.8 Å². The summed E-state index contributed by atoms with van der Waals surface area (Å²) in [7, 11) is 0. The van der Waals surface area contributed by atoms with Crippen molar-refractivity contribution in [2.45, 2.75) is 140 Å². The van der Waals surface area contributed by atoms with Crippen LogP contribution in [0.15, 0.2) is 36.4 Å². The average Bonchev–Trinajstić information content (AvgIpc) is 3.78. The minimum atomic E-state index is -1.76. The lowest BCUT2D eigenvalue weighted by molar-refractivity contribution is -0.142. The second-order valence-corrected chi connectivity index (χ2v) is 17.8. The number of nitrogens with two attached hydrogens (primary N) is 4. The van der Waals surface area contributed by atoms with Gasteiger partial charge in [0.25, 0.3) is 0 Å². The molecule has 0 saturated carbocycles. The Labute approximate surface area is 400 Å². The fourth-order valence-corrected chi connectivity index (χ4v) is 7.66. The fraction of sp³-hybridized carbons (Fsp3) is 0.578. The number of hydrogen-bond donors (Lipinski definition) is 12. The summed E-state index contributed by atoms with van der Waals surface area (Å²) in [5.41, 5.74) is 22.9. The van der Waals surface area contributed by atoms with E-state index in [0.29, 0.717) is 18.4 Å². The number of nitrogens with one attached hydrogen (secondary N) is 7. The number of carbonyl (C=O) groups excluding carboxylic acids is 11. The Hall–Kier alpha value is -7.11. The Kier molecular flexibility index (Phi) is 22.0. The number of likely N-dealkylation sites (tertiary alicyclic amines) is 1. The zero-order valence-electron chi connectivity index (χ0n) is 39.4. The summed E-state index contributed by atoms with van der Waals surface area (Å²) in [4.78, 5) is 148. The molecule has 1 aromatic rings. The molecule has 11 amide bonds. The minimum Gasteiger partial charge on any atom is -0.508 e. The molecule has 380 valence electrons. The van der Waals surface area contributed by atoms with Gasteiger partial charge in [-0.15, -0.1) is 0 Å². The van der Waals surface area contributed by atoms with E-state index in [1.165, 1.54) is 41.3 Å². The van der Waals surface area contributed by atoms with Crippen molar-refractivity contribution in [1.29, 1.82) is 0 Å². The molecule has 2 aliphatic heterocycles. The Morgan fingerprint density at radius 2 is 1.38 bits per heavy atom. The SMILES string of the molecule is CC[C@@H](C)[C@@H]1NC(=O)[C@H](Cc2ccc(O)cc2)NC(=O)[C@@H](N)C/C=C/C[C@@H](C(=O)N2CCC[C@H]2C(=O)N[C@@H](CC(C)C)C(=O)NCC(N)=O)NC(=O)[C@H](CC(N)=O)NC(=O)[C@H](CCC(N)=O)NC1=O. The van der Waals surface area contributed by atoms with Crippen molar-refractivity contribution in [2.24, 2.45) is 34.8 Å². The number of benzene rings is 1. The highest BCUT2D eigenvalue weighted by molar-refractivity contribution is 5.99. The fourth-order valence-electron chi connectivity index (χ4n) is 7.66. The van der Waals surface area contributed by atoms with Crippen molar-refractivity contribution >= 4 is 65.0 Å². The van der Waals surface area contributed by atoms with Gasteiger partial charge in [-0.05, 0) is 68.1 Å². The van der Waals surface area contributed by atoms with Gasteiger partial charge in [0.05, 0.1) is 19.0 Å². The molecule has 24 heteroatoms. The van der Waals surface area contributed by atoms with Crippen molar-refractivity contribution < 1.29 is 57.8 Å². The number of phenols is 1. The number of aromatic hydroxyl groups is 1. The minimum absolute atomic E-state index is 0.0417.